The lowest BCUT2D eigenvalue weighted by atomic mass is 10.0. The molecule has 0 aromatic heterocycles. The Bertz CT molecular complexity index is 200. The first-order valence-corrected chi connectivity index (χ1v) is 4.99. The average molecular weight is 201 g/mol. The Morgan fingerprint density at radius 2 is 1.79 bits per heavy atom. The van der Waals surface area contributed by atoms with Crippen LogP contribution < -0.4 is 0 Å². The highest BCUT2D eigenvalue weighted by Gasteiger charge is 2.18. The zero-order valence-electron chi connectivity index (χ0n) is 9.12. The Kier molecular flexibility index (Phi) is 5.92. The minimum Gasteiger partial charge on any atom is -0.481 e. The molecule has 1 N–H and O–H groups in total. The first kappa shape index (κ1) is 12.9. The summed E-state index contributed by atoms with van der Waals surface area (Å²) >= 11 is 0. The van der Waals surface area contributed by atoms with Gasteiger partial charge in [0.1, 0.15) is 0 Å². The number of carbonyl (C=O) groups is 2. The molecule has 14 heavy (non-hydrogen) atoms. The average Bonchev–Trinajstić information content (AvgIpc) is 2.15. The van der Waals surface area contributed by atoms with Crippen LogP contribution in [0.5, 0.6) is 0 Å². The fourth-order valence-corrected chi connectivity index (χ4v) is 1.32. The zero-order valence-corrected chi connectivity index (χ0v) is 9.12. The molecule has 0 heterocycles. The number of rotatable bonds is 6. The third-order valence-electron chi connectivity index (χ3n) is 2.37. The molecule has 4 heteroatoms. The molecule has 0 aromatic rings. The van der Waals surface area contributed by atoms with E-state index in [9.17, 15) is 9.59 Å². The van der Waals surface area contributed by atoms with Gasteiger partial charge in [-0.3, -0.25) is 9.59 Å². The van der Waals surface area contributed by atoms with Crippen LogP contribution in [0.2, 0.25) is 0 Å². The molecule has 0 saturated heterocycles. The second-order valence-corrected chi connectivity index (χ2v) is 3.42. The summed E-state index contributed by atoms with van der Waals surface area (Å²) in [6.07, 6.45) is 1.64. The van der Waals surface area contributed by atoms with Gasteiger partial charge in [-0.1, -0.05) is 13.8 Å². The van der Waals surface area contributed by atoms with Crippen molar-refractivity contribution in [2.45, 2.75) is 33.1 Å². The van der Waals surface area contributed by atoms with Crippen molar-refractivity contribution in [2.24, 2.45) is 5.92 Å². The summed E-state index contributed by atoms with van der Waals surface area (Å²) in [6.45, 7) is 4.23. The van der Waals surface area contributed by atoms with E-state index in [4.69, 9.17) is 5.11 Å². The quantitative estimate of drug-likeness (QED) is 0.705. The molecular formula is C10H19NO3. The molecule has 0 aliphatic carbocycles. The molecule has 0 radical (unpaired) electrons. The Morgan fingerprint density at radius 3 is 2.14 bits per heavy atom. The van der Waals surface area contributed by atoms with Crippen LogP contribution in [0.1, 0.15) is 33.1 Å². The predicted octanol–water partition coefficient (Wildman–Crippen LogP) is 1.36. The van der Waals surface area contributed by atoms with Crippen molar-refractivity contribution in [1.82, 2.24) is 4.90 Å². The number of amides is 1. The minimum atomic E-state index is -0.866. The van der Waals surface area contributed by atoms with Crippen molar-refractivity contribution in [3.63, 3.8) is 0 Å². The molecule has 0 fully saturated rings. The van der Waals surface area contributed by atoms with Crippen LogP contribution >= 0.6 is 0 Å². The summed E-state index contributed by atoms with van der Waals surface area (Å²) in [5, 5.41) is 8.46. The highest BCUT2D eigenvalue weighted by Crippen LogP contribution is 2.10. The van der Waals surface area contributed by atoms with Gasteiger partial charge in [0.25, 0.3) is 0 Å². The van der Waals surface area contributed by atoms with Crippen molar-refractivity contribution in [3.8, 4) is 0 Å². The van der Waals surface area contributed by atoms with Crippen LogP contribution in [0.4, 0.5) is 0 Å². The first-order valence-electron chi connectivity index (χ1n) is 4.99. The highest BCUT2D eigenvalue weighted by molar-refractivity contribution is 5.79. The third-order valence-corrected chi connectivity index (χ3v) is 2.37. The second-order valence-electron chi connectivity index (χ2n) is 3.42. The first-order chi connectivity index (χ1) is 6.52. The van der Waals surface area contributed by atoms with E-state index in [1.54, 1.807) is 7.05 Å². The molecular weight excluding hydrogens is 182 g/mol. The molecule has 0 aliphatic rings. The van der Waals surface area contributed by atoms with Gasteiger partial charge in [-0.15, -0.1) is 0 Å². The second kappa shape index (κ2) is 6.40. The van der Waals surface area contributed by atoms with Gasteiger partial charge in [0.05, 0.1) is 6.42 Å². The normalized spacial score (nSPS) is 10.3. The summed E-state index contributed by atoms with van der Waals surface area (Å²) in [4.78, 5) is 23.5. The lowest BCUT2D eigenvalue weighted by Gasteiger charge is -2.21. The van der Waals surface area contributed by atoms with Gasteiger partial charge in [-0.05, 0) is 12.8 Å². The van der Waals surface area contributed by atoms with Gasteiger partial charge in [-0.2, -0.15) is 0 Å². The van der Waals surface area contributed by atoms with Crippen molar-refractivity contribution in [2.75, 3.05) is 13.6 Å². The van der Waals surface area contributed by atoms with Crippen molar-refractivity contribution in [1.29, 1.82) is 0 Å². The largest absolute Gasteiger partial charge is 0.481 e. The number of hydrogen-bond acceptors (Lipinski definition) is 2. The van der Waals surface area contributed by atoms with Crippen LogP contribution in [0.25, 0.3) is 0 Å². The van der Waals surface area contributed by atoms with E-state index < -0.39 is 5.97 Å². The smallest absolute Gasteiger partial charge is 0.305 e. The lowest BCUT2D eigenvalue weighted by Crippen LogP contribution is -2.34. The van der Waals surface area contributed by atoms with Gasteiger partial charge < -0.3 is 10.0 Å². The number of nitrogens with zero attached hydrogens (tertiary/aromatic N) is 1. The Balaban J connectivity index is 4.03. The predicted molar refractivity (Wildman–Crippen MR) is 54.0 cm³/mol. The topological polar surface area (TPSA) is 57.6 Å². The number of hydrogen-bond donors (Lipinski definition) is 1. The number of carboxylic acid groups (broad SMARTS) is 1. The summed E-state index contributed by atoms with van der Waals surface area (Å²) in [6, 6.07) is 0. The Labute approximate surface area is 84.9 Å². The summed E-state index contributed by atoms with van der Waals surface area (Å²) < 4.78 is 0. The molecule has 0 atom stereocenters. The van der Waals surface area contributed by atoms with E-state index in [0.29, 0.717) is 6.54 Å². The Hall–Kier alpha value is -1.06. The SMILES string of the molecule is CCC(CC)C(=O)N(C)CCC(=O)O. The maximum atomic E-state index is 11.7. The minimum absolute atomic E-state index is 0.0163. The zero-order chi connectivity index (χ0) is 11.1. The fraction of sp³-hybridized carbons (Fsp3) is 0.800. The molecule has 0 bridgehead atoms. The molecule has 1 amide bonds. The van der Waals surface area contributed by atoms with Crippen LogP contribution in [0.15, 0.2) is 0 Å². The number of carboxylic acids is 1. The van der Waals surface area contributed by atoms with Crippen LogP contribution in [-0.4, -0.2) is 35.5 Å². The fourth-order valence-electron chi connectivity index (χ4n) is 1.32. The summed E-state index contributed by atoms with van der Waals surface area (Å²) in [7, 11) is 1.66. The molecule has 0 saturated carbocycles. The molecule has 0 spiro atoms. The molecule has 4 nitrogen and oxygen atoms in total. The van der Waals surface area contributed by atoms with E-state index in [-0.39, 0.29) is 18.2 Å². The maximum Gasteiger partial charge on any atom is 0.305 e. The van der Waals surface area contributed by atoms with E-state index in [1.165, 1.54) is 4.90 Å². The van der Waals surface area contributed by atoms with Crippen molar-refractivity contribution in [3.05, 3.63) is 0 Å². The van der Waals surface area contributed by atoms with E-state index in [2.05, 4.69) is 0 Å². The van der Waals surface area contributed by atoms with Crippen LogP contribution in [0, 0.1) is 5.92 Å². The molecule has 0 aromatic carbocycles. The Morgan fingerprint density at radius 1 is 1.29 bits per heavy atom. The van der Waals surface area contributed by atoms with E-state index in [0.717, 1.165) is 12.8 Å². The lowest BCUT2D eigenvalue weighted by molar-refractivity contribution is -0.139. The van der Waals surface area contributed by atoms with Crippen LogP contribution in [-0.2, 0) is 9.59 Å². The van der Waals surface area contributed by atoms with Gasteiger partial charge in [-0.25, -0.2) is 0 Å². The van der Waals surface area contributed by atoms with Crippen molar-refractivity contribution >= 4 is 11.9 Å². The molecule has 0 aliphatic heterocycles. The van der Waals surface area contributed by atoms with Gasteiger partial charge >= 0.3 is 5.97 Å². The number of aliphatic carboxylic acids is 1. The van der Waals surface area contributed by atoms with E-state index >= 15 is 0 Å². The van der Waals surface area contributed by atoms with Gasteiger partial charge in [0.15, 0.2) is 0 Å². The maximum absolute atomic E-state index is 11.7. The molecule has 82 valence electrons. The van der Waals surface area contributed by atoms with Crippen LogP contribution in [0.3, 0.4) is 0 Å². The standard InChI is InChI=1S/C10H19NO3/c1-4-8(5-2)10(14)11(3)7-6-9(12)13/h8H,4-7H2,1-3H3,(H,12,13). The summed E-state index contributed by atoms with van der Waals surface area (Å²) in [5.41, 5.74) is 0. The van der Waals surface area contributed by atoms with E-state index in [1.807, 2.05) is 13.8 Å². The van der Waals surface area contributed by atoms with Gasteiger partial charge in [0, 0.05) is 19.5 Å². The molecule has 0 rings (SSSR count). The molecule has 0 unspecified atom stereocenters. The monoisotopic (exact) mass is 201 g/mol. The highest BCUT2D eigenvalue weighted by atomic mass is 16.4. The van der Waals surface area contributed by atoms with Gasteiger partial charge in [0.2, 0.25) is 5.91 Å². The summed E-state index contributed by atoms with van der Waals surface area (Å²) in [5.74, 6) is -0.778. The number of carbonyl (C=O) groups excluding carboxylic acids is 1. The third kappa shape index (κ3) is 4.25. The van der Waals surface area contributed by atoms with Crippen molar-refractivity contribution < 1.29 is 14.7 Å².